The molecule has 162 valence electrons. The normalized spacial score (nSPS) is 12.4. The molecule has 0 atom stereocenters. The van der Waals surface area contributed by atoms with Crippen LogP contribution in [0.2, 0.25) is 0 Å². The number of nitrogens with two attached hydrogens (primary N) is 3. The molecule has 0 aliphatic rings. The summed E-state index contributed by atoms with van der Waals surface area (Å²) in [5, 5.41) is 0. The van der Waals surface area contributed by atoms with Crippen LogP contribution in [0.3, 0.4) is 0 Å². The molecule has 8 heteroatoms. The van der Waals surface area contributed by atoms with Crippen molar-refractivity contribution >= 4 is 5.97 Å². The predicted molar refractivity (Wildman–Crippen MR) is 106 cm³/mol. The predicted octanol–water partition coefficient (Wildman–Crippen LogP) is 0.801. The number of hydrogen-bond acceptors (Lipinski definition) is 8. The highest BCUT2D eigenvalue weighted by Crippen LogP contribution is 2.27. The van der Waals surface area contributed by atoms with Crippen LogP contribution in [0.1, 0.15) is 46.5 Å². The highest BCUT2D eigenvalue weighted by atomic mass is 16.6. The Kier molecular flexibility index (Phi) is 14.8. The van der Waals surface area contributed by atoms with Gasteiger partial charge in [-0.2, -0.15) is 0 Å². The maximum atomic E-state index is 12.5. The van der Waals surface area contributed by atoms with E-state index in [9.17, 15) is 4.79 Å². The van der Waals surface area contributed by atoms with E-state index in [1.807, 2.05) is 20.8 Å². The van der Waals surface area contributed by atoms with Crippen molar-refractivity contribution in [3.05, 3.63) is 0 Å². The molecule has 0 unspecified atom stereocenters. The van der Waals surface area contributed by atoms with Gasteiger partial charge >= 0.3 is 5.97 Å². The van der Waals surface area contributed by atoms with Crippen molar-refractivity contribution in [3.63, 3.8) is 0 Å². The van der Waals surface area contributed by atoms with E-state index in [-0.39, 0.29) is 12.4 Å². The minimum absolute atomic E-state index is 0.151. The zero-order chi connectivity index (χ0) is 20.6. The van der Waals surface area contributed by atoms with Crippen LogP contribution in [-0.4, -0.2) is 70.8 Å². The quantitative estimate of drug-likeness (QED) is 0.245. The zero-order valence-electron chi connectivity index (χ0n) is 17.5. The van der Waals surface area contributed by atoms with Gasteiger partial charge in [-0.15, -0.1) is 0 Å². The largest absolute Gasteiger partial charge is 0.460 e. The molecule has 0 aromatic rings. The first-order chi connectivity index (χ1) is 12.8. The van der Waals surface area contributed by atoms with Gasteiger partial charge in [0.2, 0.25) is 0 Å². The molecule has 0 bridgehead atoms. The third-order valence-electron chi connectivity index (χ3n) is 3.64. The Morgan fingerprint density at radius 2 is 1.11 bits per heavy atom. The van der Waals surface area contributed by atoms with E-state index in [2.05, 4.69) is 0 Å². The molecule has 0 aromatic heterocycles. The molecule has 0 radical (unpaired) electrons. The van der Waals surface area contributed by atoms with Crippen molar-refractivity contribution in [2.75, 3.05) is 59.3 Å². The summed E-state index contributed by atoms with van der Waals surface area (Å²) in [5.74, 6) is -0.297. The first kappa shape index (κ1) is 26.2. The molecule has 0 saturated carbocycles. The lowest BCUT2D eigenvalue weighted by Gasteiger charge is -2.33. The van der Waals surface area contributed by atoms with Gasteiger partial charge in [0.05, 0.1) is 31.7 Å². The summed E-state index contributed by atoms with van der Waals surface area (Å²) in [4.78, 5) is 12.5. The van der Waals surface area contributed by atoms with Crippen molar-refractivity contribution in [2.45, 2.75) is 52.1 Å². The number of ether oxygens (including phenoxy) is 4. The van der Waals surface area contributed by atoms with E-state index in [1.165, 1.54) is 0 Å². The standard InChI is InChI=1S/C19H41N3O5/c1-18(2,3)27-17(23)13-19(14-24-10-4-7-20,15-25-11-5-8-21)16-26-12-6-9-22/h4-16,20-22H2,1-3H3. The average molecular weight is 392 g/mol. The summed E-state index contributed by atoms with van der Waals surface area (Å²) in [6, 6.07) is 0. The Morgan fingerprint density at radius 3 is 1.41 bits per heavy atom. The summed E-state index contributed by atoms with van der Waals surface area (Å²) in [6.45, 7) is 9.78. The van der Waals surface area contributed by atoms with E-state index in [0.717, 1.165) is 19.3 Å². The van der Waals surface area contributed by atoms with Gasteiger partial charge in [0.15, 0.2) is 0 Å². The van der Waals surface area contributed by atoms with Gasteiger partial charge in [-0.1, -0.05) is 0 Å². The Bertz CT molecular complexity index is 344. The average Bonchev–Trinajstić information content (AvgIpc) is 2.58. The molecule has 0 spiro atoms. The summed E-state index contributed by atoms with van der Waals surface area (Å²) in [6.07, 6.45) is 2.41. The van der Waals surface area contributed by atoms with Crippen molar-refractivity contribution in [1.29, 1.82) is 0 Å². The van der Waals surface area contributed by atoms with Crippen LogP contribution in [-0.2, 0) is 23.7 Å². The van der Waals surface area contributed by atoms with Crippen LogP contribution >= 0.6 is 0 Å². The Balaban J connectivity index is 5.04. The zero-order valence-corrected chi connectivity index (χ0v) is 17.5. The molecular formula is C19H41N3O5. The smallest absolute Gasteiger partial charge is 0.307 e. The number of carbonyl (C=O) groups excluding carboxylic acids is 1. The van der Waals surface area contributed by atoms with E-state index in [1.54, 1.807) is 0 Å². The number of hydrogen-bond donors (Lipinski definition) is 3. The molecule has 0 fully saturated rings. The molecule has 0 aliphatic carbocycles. The van der Waals surface area contributed by atoms with Gasteiger partial charge in [0, 0.05) is 19.8 Å². The van der Waals surface area contributed by atoms with Crippen LogP contribution < -0.4 is 17.2 Å². The number of carbonyl (C=O) groups is 1. The number of rotatable bonds is 17. The topological polar surface area (TPSA) is 132 Å². The molecule has 0 rings (SSSR count). The summed E-state index contributed by atoms with van der Waals surface area (Å²) >= 11 is 0. The van der Waals surface area contributed by atoms with E-state index in [0.29, 0.717) is 59.3 Å². The van der Waals surface area contributed by atoms with Crippen LogP contribution in [0.5, 0.6) is 0 Å². The fourth-order valence-electron chi connectivity index (χ4n) is 2.38. The lowest BCUT2D eigenvalue weighted by Crippen LogP contribution is -2.41. The van der Waals surface area contributed by atoms with Gasteiger partial charge in [-0.05, 0) is 59.7 Å². The second kappa shape index (κ2) is 15.2. The SMILES string of the molecule is CC(C)(C)OC(=O)CC(COCCCN)(COCCCN)COCCCN. The Labute approximate surface area is 164 Å². The van der Waals surface area contributed by atoms with Gasteiger partial charge in [0.1, 0.15) is 5.60 Å². The Morgan fingerprint density at radius 1 is 0.741 bits per heavy atom. The number of esters is 1. The van der Waals surface area contributed by atoms with E-state index in [4.69, 9.17) is 36.1 Å². The van der Waals surface area contributed by atoms with Crippen molar-refractivity contribution < 1.29 is 23.7 Å². The fourth-order valence-corrected chi connectivity index (χ4v) is 2.38. The third kappa shape index (κ3) is 14.9. The summed E-state index contributed by atoms with van der Waals surface area (Å²) < 4.78 is 22.9. The van der Waals surface area contributed by atoms with Gasteiger partial charge in [-0.25, -0.2) is 0 Å². The van der Waals surface area contributed by atoms with Gasteiger partial charge < -0.3 is 36.1 Å². The second-order valence-electron chi connectivity index (χ2n) is 7.85. The van der Waals surface area contributed by atoms with Crippen molar-refractivity contribution in [1.82, 2.24) is 0 Å². The lowest BCUT2D eigenvalue weighted by molar-refractivity contribution is -0.163. The maximum Gasteiger partial charge on any atom is 0.307 e. The first-order valence-corrected chi connectivity index (χ1v) is 9.84. The molecular weight excluding hydrogens is 350 g/mol. The molecule has 0 saturated heterocycles. The van der Waals surface area contributed by atoms with E-state index < -0.39 is 11.0 Å². The summed E-state index contributed by atoms with van der Waals surface area (Å²) in [7, 11) is 0. The third-order valence-corrected chi connectivity index (χ3v) is 3.64. The highest BCUT2D eigenvalue weighted by molar-refractivity contribution is 5.70. The van der Waals surface area contributed by atoms with Crippen LogP contribution in [0.25, 0.3) is 0 Å². The summed E-state index contributed by atoms with van der Waals surface area (Å²) in [5.41, 5.74) is 15.4. The molecule has 27 heavy (non-hydrogen) atoms. The van der Waals surface area contributed by atoms with Crippen LogP contribution in [0.15, 0.2) is 0 Å². The van der Waals surface area contributed by atoms with Crippen LogP contribution in [0, 0.1) is 5.41 Å². The molecule has 0 aromatic carbocycles. The second-order valence-corrected chi connectivity index (χ2v) is 7.85. The molecule has 6 N–H and O–H groups in total. The van der Waals surface area contributed by atoms with Crippen LogP contribution in [0.4, 0.5) is 0 Å². The van der Waals surface area contributed by atoms with Crippen molar-refractivity contribution in [2.24, 2.45) is 22.6 Å². The molecule has 0 heterocycles. The van der Waals surface area contributed by atoms with E-state index >= 15 is 0 Å². The lowest BCUT2D eigenvalue weighted by atomic mass is 9.86. The molecule has 8 nitrogen and oxygen atoms in total. The van der Waals surface area contributed by atoms with Crippen molar-refractivity contribution in [3.8, 4) is 0 Å². The fraction of sp³-hybridized carbons (Fsp3) is 0.947. The highest BCUT2D eigenvalue weighted by Gasteiger charge is 2.36. The first-order valence-electron chi connectivity index (χ1n) is 9.84. The Hall–Kier alpha value is -0.770. The minimum Gasteiger partial charge on any atom is -0.460 e. The molecule has 0 aliphatic heterocycles. The molecule has 0 amide bonds. The minimum atomic E-state index is -0.625. The van der Waals surface area contributed by atoms with Gasteiger partial charge in [0.25, 0.3) is 0 Å². The maximum absolute atomic E-state index is 12.5. The van der Waals surface area contributed by atoms with Gasteiger partial charge in [-0.3, -0.25) is 4.79 Å². The monoisotopic (exact) mass is 391 g/mol.